The van der Waals surface area contributed by atoms with Crippen LogP contribution in [0.4, 0.5) is 5.69 Å². The van der Waals surface area contributed by atoms with Gasteiger partial charge in [-0.2, -0.15) is 0 Å². The summed E-state index contributed by atoms with van der Waals surface area (Å²) >= 11 is 6.41. The molecule has 1 fully saturated rings. The second-order valence-electron chi connectivity index (χ2n) is 13.8. The Bertz CT molecular complexity index is 1580. The zero-order valence-corrected chi connectivity index (χ0v) is 27.7. The Balaban J connectivity index is 1.44. The summed E-state index contributed by atoms with van der Waals surface area (Å²) in [5.74, 6) is -0.134. The van der Waals surface area contributed by atoms with Gasteiger partial charge >= 0.3 is 0 Å². The van der Waals surface area contributed by atoms with Crippen molar-refractivity contribution in [1.29, 1.82) is 0 Å². The maximum atomic E-state index is 13.4. The number of amides is 1. The topological polar surface area (TPSA) is 116 Å². The smallest absolute Gasteiger partial charge is 0.264 e. The molecule has 2 aliphatic heterocycles. The summed E-state index contributed by atoms with van der Waals surface area (Å²) in [5, 5.41) is 21.6. The Morgan fingerprint density at radius 2 is 1.98 bits per heavy atom. The standard InChI is InChI=1S/C35H45ClN2O6S/c1-23-6-3-15-35(41,16-5-17-39)30-11-8-27(30)20-38-21-34(14-4-7-25-18-28(36)10-12-29(25)34)22-44-32-13-9-26(19-31(32)38)33(40)37-45(42,43)24(23)2/h3,9-10,12-13,15,18-19,23-24,27,30,39,41H,4-8,11,14,16-17,20-22H2,1-2H3,(H,37,40)/b15-3-/t23-,24+,27-,30+,34-,35+/m0/s1. The quantitative estimate of drug-likeness (QED) is 0.380. The molecule has 2 aromatic carbocycles. The van der Waals surface area contributed by atoms with Gasteiger partial charge in [-0.3, -0.25) is 4.79 Å². The molecule has 4 aliphatic rings. The van der Waals surface area contributed by atoms with Crippen molar-refractivity contribution >= 4 is 33.2 Å². The summed E-state index contributed by atoms with van der Waals surface area (Å²) < 4.78 is 35.5. The van der Waals surface area contributed by atoms with Gasteiger partial charge in [0.1, 0.15) is 5.75 Å². The molecular weight excluding hydrogens is 612 g/mol. The van der Waals surface area contributed by atoms with Crippen molar-refractivity contribution < 1.29 is 28.2 Å². The predicted octanol–water partition coefficient (Wildman–Crippen LogP) is 5.39. The zero-order chi connectivity index (χ0) is 32.0. The molecule has 0 saturated heterocycles. The van der Waals surface area contributed by atoms with E-state index in [1.54, 1.807) is 25.1 Å². The number of benzene rings is 2. The van der Waals surface area contributed by atoms with Crippen molar-refractivity contribution in [2.45, 2.75) is 81.5 Å². The summed E-state index contributed by atoms with van der Waals surface area (Å²) in [6.45, 7) is 5.21. The maximum Gasteiger partial charge on any atom is 0.264 e. The summed E-state index contributed by atoms with van der Waals surface area (Å²) in [6.07, 6.45) is 9.78. The van der Waals surface area contributed by atoms with Gasteiger partial charge in [0, 0.05) is 35.7 Å². The first-order chi connectivity index (χ1) is 21.4. The van der Waals surface area contributed by atoms with Crippen molar-refractivity contribution in [3.63, 3.8) is 0 Å². The molecular formula is C35H45ClN2O6S. The number of nitrogens with zero attached hydrogens (tertiary/aromatic N) is 1. The first-order valence-corrected chi connectivity index (χ1v) is 18.2. The fraction of sp³-hybridized carbons (Fsp3) is 0.571. The third-order valence-electron chi connectivity index (χ3n) is 11.0. The van der Waals surface area contributed by atoms with Gasteiger partial charge in [0.05, 0.1) is 23.1 Å². The van der Waals surface area contributed by atoms with Gasteiger partial charge in [0.15, 0.2) is 0 Å². The van der Waals surface area contributed by atoms with E-state index in [0.717, 1.165) is 42.8 Å². The lowest BCUT2D eigenvalue weighted by Gasteiger charge is -2.49. The molecule has 0 radical (unpaired) electrons. The number of nitrogens with one attached hydrogen (secondary N) is 1. The van der Waals surface area contributed by atoms with Crippen molar-refractivity contribution in [3.8, 4) is 5.75 Å². The summed E-state index contributed by atoms with van der Waals surface area (Å²) in [7, 11) is -3.97. The van der Waals surface area contributed by atoms with Gasteiger partial charge in [0.2, 0.25) is 10.0 Å². The van der Waals surface area contributed by atoms with Crippen LogP contribution < -0.4 is 14.4 Å². The normalized spacial score (nSPS) is 33.5. The molecule has 1 amide bonds. The third kappa shape index (κ3) is 6.25. The largest absolute Gasteiger partial charge is 0.490 e. The second-order valence-corrected chi connectivity index (χ2v) is 16.3. The van der Waals surface area contributed by atoms with E-state index in [4.69, 9.17) is 16.3 Å². The van der Waals surface area contributed by atoms with E-state index in [1.807, 2.05) is 25.1 Å². The van der Waals surface area contributed by atoms with Gasteiger partial charge in [-0.25, -0.2) is 13.1 Å². The molecule has 0 aromatic heterocycles. The Morgan fingerprint density at radius 3 is 2.73 bits per heavy atom. The van der Waals surface area contributed by atoms with E-state index in [0.29, 0.717) is 44.7 Å². The number of carbonyl (C=O) groups is 1. The van der Waals surface area contributed by atoms with E-state index >= 15 is 0 Å². The number of allylic oxidation sites excluding steroid dienone is 1. The summed E-state index contributed by atoms with van der Waals surface area (Å²) in [6, 6.07) is 11.3. The van der Waals surface area contributed by atoms with E-state index in [2.05, 4.69) is 21.8 Å². The molecule has 6 atom stereocenters. The van der Waals surface area contributed by atoms with Crippen LogP contribution in [0.25, 0.3) is 0 Å². The highest BCUT2D eigenvalue weighted by Gasteiger charge is 2.48. The van der Waals surface area contributed by atoms with E-state index in [1.165, 1.54) is 11.1 Å². The first-order valence-electron chi connectivity index (χ1n) is 16.3. The van der Waals surface area contributed by atoms with Crippen LogP contribution in [0, 0.1) is 17.8 Å². The first kappa shape index (κ1) is 32.4. The molecule has 10 heteroatoms. The van der Waals surface area contributed by atoms with Crippen molar-refractivity contribution in [2.24, 2.45) is 17.8 Å². The van der Waals surface area contributed by atoms with Crippen molar-refractivity contribution in [2.75, 3.05) is 31.2 Å². The number of hydrogen-bond donors (Lipinski definition) is 3. The number of aliphatic hydroxyl groups is 2. The van der Waals surface area contributed by atoms with Crippen LogP contribution in [0.2, 0.25) is 5.02 Å². The number of aliphatic hydroxyl groups excluding tert-OH is 1. The molecule has 244 valence electrons. The molecule has 45 heavy (non-hydrogen) atoms. The Labute approximate surface area is 271 Å². The van der Waals surface area contributed by atoms with Crippen molar-refractivity contribution in [1.82, 2.24) is 4.72 Å². The second kappa shape index (κ2) is 12.5. The molecule has 0 unspecified atom stereocenters. The highest BCUT2D eigenvalue weighted by Crippen LogP contribution is 2.49. The molecule has 2 bridgehead atoms. The van der Waals surface area contributed by atoms with Crippen LogP contribution in [-0.4, -0.2) is 61.7 Å². The number of carbonyl (C=O) groups excluding carboxylic acids is 1. The highest BCUT2D eigenvalue weighted by molar-refractivity contribution is 7.90. The number of rotatable bonds is 3. The van der Waals surface area contributed by atoms with E-state index < -0.39 is 26.8 Å². The predicted molar refractivity (Wildman–Crippen MR) is 176 cm³/mol. The molecule has 2 aromatic rings. The molecule has 6 rings (SSSR count). The van der Waals surface area contributed by atoms with Gasteiger partial charge in [-0.15, -0.1) is 0 Å². The van der Waals surface area contributed by atoms with E-state index in [-0.39, 0.29) is 35.3 Å². The van der Waals surface area contributed by atoms with Crippen LogP contribution in [0.3, 0.4) is 0 Å². The molecule has 2 heterocycles. The Kier molecular flexibility index (Phi) is 9.02. The lowest BCUT2D eigenvalue weighted by atomic mass is 9.63. The molecule has 1 saturated carbocycles. The molecule has 3 N–H and O–H groups in total. The SMILES string of the molecule is C[C@@H]1[C@@H](C)C/C=C\[C@@](O)(CCCO)[C@@H]2CC[C@H]2CN2C[C@@]3(CCCc4cc(Cl)ccc43)COc3ccc(cc32)C(=O)NS1(=O)=O. The van der Waals surface area contributed by atoms with Gasteiger partial charge in [0.25, 0.3) is 5.91 Å². The number of ether oxygens (including phenoxy) is 1. The van der Waals surface area contributed by atoms with Gasteiger partial charge < -0.3 is 19.8 Å². The number of anilines is 1. The van der Waals surface area contributed by atoms with Crippen LogP contribution in [-0.2, 0) is 21.9 Å². The zero-order valence-electron chi connectivity index (χ0n) is 26.2. The van der Waals surface area contributed by atoms with Crippen molar-refractivity contribution in [3.05, 3.63) is 70.3 Å². The van der Waals surface area contributed by atoms with Gasteiger partial charge in [-0.1, -0.05) is 36.7 Å². The van der Waals surface area contributed by atoms with Crippen LogP contribution in [0.15, 0.2) is 48.6 Å². The van der Waals surface area contributed by atoms with Crippen LogP contribution >= 0.6 is 11.6 Å². The van der Waals surface area contributed by atoms with E-state index in [9.17, 15) is 23.4 Å². The lowest BCUT2D eigenvalue weighted by molar-refractivity contribution is -0.0536. The van der Waals surface area contributed by atoms with Crippen LogP contribution in [0.5, 0.6) is 5.75 Å². The fourth-order valence-electron chi connectivity index (χ4n) is 8.00. The minimum Gasteiger partial charge on any atom is -0.490 e. The average Bonchev–Trinajstić information content (AvgIpc) is 3.14. The van der Waals surface area contributed by atoms with Gasteiger partial charge in [-0.05, 0) is 118 Å². The number of sulfonamides is 1. The Morgan fingerprint density at radius 1 is 1.16 bits per heavy atom. The third-order valence-corrected chi connectivity index (χ3v) is 13.1. The van der Waals surface area contributed by atoms with Crippen LogP contribution in [0.1, 0.15) is 80.3 Å². The minimum absolute atomic E-state index is 0.00945. The average molecular weight is 657 g/mol. The molecule has 8 nitrogen and oxygen atoms in total. The minimum atomic E-state index is -3.97. The number of halogens is 1. The summed E-state index contributed by atoms with van der Waals surface area (Å²) in [4.78, 5) is 15.7. The highest BCUT2D eigenvalue weighted by atomic mass is 35.5. The number of hydrogen-bond acceptors (Lipinski definition) is 7. The monoisotopic (exact) mass is 656 g/mol. The molecule has 2 aliphatic carbocycles. The fourth-order valence-corrected chi connectivity index (χ4v) is 9.48. The molecule has 1 spiro atoms. The maximum absolute atomic E-state index is 13.4. The lowest BCUT2D eigenvalue weighted by Crippen LogP contribution is -2.52. The Hall–Kier alpha value is -2.59. The number of aryl methyl sites for hydroxylation is 1. The number of fused-ring (bicyclic) bond motifs is 4. The summed E-state index contributed by atoms with van der Waals surface area (Å²) in [5.41, 5.74) is 2.06.